The van der Waals surface area contributed by atoms with Gasteiger partial charge in [-0.15, -0.1) is 0 Å². The van der Waals surface area contributed by atoms with Gasteiger partial charge in [0.2, 0.25) is 0 Å². The highest BCUT2D eigenvalue weighted by Crippen LogP contribution is 2.19. The highest BCUT2D eigenvalue weighted by atomic mass is 15.3. The van der Waals surface area contributed by atoms with Gasteiger partial charge in [-0.25, -0.2) is 0 Å². The maximum Gasteiger partial charge on any atom is 0.193 e. The minimum Gasteiger partial charge on any atom is -0.356 e. The molecule has 0 saturated carbocycles. The van der Waals surface area contributed by atoms with Gasteiger partial charge in [0, 0.05) is 26.7 Å². The minimum absolute atomic E-state index is 0.316. The third-order valence-corrected chi connectivity index (χ3v) is 3.63. The zero-order valence-corrected chi connectivity index (χ0v) is 11.5. The molecule has 0 atom stereocenters. The number of rotatable bonds is 4. The lowest BCUT2D eigenvalue weighted by atomic mass is 9.93. The SMILES string of the molecule is CN1CCN=C1NCC(C)(C)CN1CCCC1. The first kappa shape index (κ1) is 12.7. The summed E-state index contributed by atoms with van der Waals surface area (Å²) < 4.78 is 0. The van der Waals surface area contributed by atoms with Crippen LogP contribution in [0.25, 0.3) is 0 Å². The topological polar surface area (TPSA) is 30.9 Å². The second kappa shape index (κ2) is 5.25. The molecule has 0 radical (unpaired) electrons. The molecule has 0 amide bonds. The van der Waals surface area contributed by atoms with Crippen molar-refractivity contribution in [1.82, 2.24) is 15.1 Å². The Hall–Kier alpha value is -0.770. The fraction of sp³-hybridized carbons (Fsp3) is 0.923. The van der Waals surface area contributed by atoms with Crippen LogP contribution in [0.15, 0.2) is 4.99 Å². The quantitative estimate of drug-likeness (QED) is 0.793. The van der Waals surface area contributed by atoms with Gasteiger partial charge in [-0.05, 0) is 31.3 Å². The van der Waals surface area contributed by atoms with Crippen molar-refractivity contribution in [2.45, 2.75) is 26.7 Å². The van der Waals surface area contributed by atoms with E-state index in [1.54, 1.807) is 0 Å². The van der Waals surface area contributed by atoms with Crippen molar-refractivity contribution in [2.75, 3.05) is 46.3 Å². The average Bonchev–Trinajstić information content (AvgIpc) is 2.87. The van der Waals surface area contributed by atoms with Gasteiger partial charge in [0.1, 0.15) is 0 Å². The third-order valence-electron chi connectivity index (χ3n) is 3.63. The van der Waals surface area contributed by atoms with Crippen molar-refractivity contribution < 1.29 is 0 Å². The van der Waals surface area contributed by atoms with Crippen LogP contribution in [0.4, 0.5) is 0 Å². The van der Waals surface area contributed by atoms with Gasteiger partial charge < -0.3 is 15.1 Å². The van der Waals surface area contributed by atoms with Crippen LogP contribution in [0.3, 0.4) is 0 Å². The van der Waals surface area contributed by atoms with Gasteiger partial charge in [-0.2, -0.15) is 0 Å². The lowest BCUT2D eigenvalue weighted by Gasteiger charge is -2.31. The summed E-state index contributed by atoms with van der Waals surface area (Å²) in [5, 5.41) is 3.49. The van der Waals surface area contributed by atoms with E-state index in [1.807, 2.05) is 0 Å². The molecule has 2 aliphatic rings. The van der Waals surface area contributed by atoms with E-state index in [-0.39, 0.29) is 0 Å². The van der Waals surface area contributed by atoms with Crippen LogP contribution in [0.5, 0.6) is 0 Å². The molecule has 0 aliphatic carbocycles. The van der Waals surface area contributed by atoms with Crippen LogP contribution < -0.4 is 5.32 Å². The van der Waals surface area contributed by atoms with Crippen LogP contribution in [0, 0.1) is 5.41 Å². The second-order valence-electron chi connectivity index (χ2n) is 6.13. The smallest absolute Gasteiger partial charge is 0.193 e. The first-order valence-electron chi connectivity index (χ1n) is 6.79. The molecule has 2 heterocycles. The largest absolute Gasteiger partial charge is 0.356 e. The summed E-state index contributed by atoms with van der Waals surface area (Å²) in [6.45, 7) is 11.4. The number of likely N-dealkylation sites (N-methyl/N-ethyl adjacent to an activating group) is 1. The van der Waals surface area contributed by atoms with Crippen molar-refractivity contribution in [1.29, 1.82) is 0 Å². The average molecular weight is 238 g/mol. The third kappa shape index (κ3) is 3.60. The molecule has 1 fully saturated rings. The molecule has 0 spiro atoms. The number of nitrogens with one attached hydrogen (secondary N) is 1. The molecule has 0 bridgehead atoms. The molecule has 0 aromatic rings. The van der Waals surface area contributed by atoms with E-state index in [9.17, 15) is 0 Å². The summed E-state index contributed by atoms with van der Waals surface area (Å²) >= 11 is 0. The number of aliphatic imine (C=N–C) groups is 1. The van der Waals surface area contributed by atoms with E-state index in [1.165, 1.54) is 32.5 Å². The van der Waals surface area contributed by atoms with Crippen molar-refractivity contribution in [3.05, 3.63) is 0 Å². The molecule has 0 unspecified atom stereocenters. The Kier molecular flexibility index (Phi) is 3.92. The van der Waals surface area contributed by atoms with Gasteiger partial charge in [0.05, 0.1) is 6.54 Å². The van der Waals surface area contributed by atoms with Crippen molar-refractivity contribution >= 4 is 5.96 Å². The molecule has 4 nitrogen and oxygen atoms in total. The molecule has 2 aliphatic heterocycles. The van der Waals surface area contributed by atoms with E-state index in [0.717, 1.165) is 25.6 Å². The first-order chi connectivity index (χ1) is 8.07. The monoisotopic (exact) mass is 238 g/mol. The number of nitrogens with zero attached hydrogens (tertiary/aromatic N) is 3. The van der Waals surface area contributed by atoms with Gasteiger partial charge in [0.15, 0.2) is 5.96 Å². The van der Waals surface area contributed by atoms with Crippen molar-refractivity contribution in [3.63, 3.8) is 0 Å². The Labute approximate surface area is 105 Å². The van der Waals surface area contributed by atoms with Gasteiger partial charge in [0.25, 0.3) is 0 Å². The van der Waals surface area contributed by atoms with Crippen LogP contribution in [-0.4, -0.2) is 62.1 Å². The fourth-order valence-electron chi connectivity index (χ4n) is 2.64. The van der Waals surface area contributed by atoms with Crippen LogP contribution in [0.1, 0.15) is 26.7 Å². The predicted octanol–water partition coefficient (Wildman–Crippen LogP) is 0.999. The fourth-order valence-corrected chi connectivity index (χ4v) is 2.64. The van der Waals surface area contributed by atoms with E-state index in [2.05, 4.69) is 41.0 Å². The van der Waals surface area contributed by atoms with Gasteiger partial charge >= 0.3 is 0 Å². The predicted molar refractivity (Wildman–Crippen MR) is 72.4 cm³/mol. The van der Waals surface area contributed by atoms with Crippen molar-refractivity contribution in [3.8, 4) is 0 Å². The Balaban J connectivity index is 1.76. The normalized spacial score (nSPS) is 22.1. The summed E-state index contributed by atoms with van der Waals surface area (Å²) in [5.74, 6) is 1.07. The van der Waals surface area contributed by atoms with Crippen LogP contribution in [-0.2, 0) is 0 Å². The highest BCUT2D eigenvalue weighted by molar-refractivity contribution is 5.81. The maximum absolute atomic E-state index is 4.47. The molecule has 1 N–H and O–H groups in total. The molecule has 0 aromatic carbocycles. The van der Waals surface area contributed by atoms with Crippen LogP contribution in [0.2, 0.25) is 0 Å². The molecular formula is C13H26N4. The molecule has 1 saturated heterocycles. The van der Waals surface area contributed by atoms with Gasteiger partial charge in [-0.1, -0.05) is 13.8 Å². The Bertz CT molecular complexity index is 279. The van der Waals surface area contributed by atoms with E-state index < -0.39 is 0 Å². The lowest BCUT2D eigenvalue weighted by Crippen LogP contribution is -2.44. The zero-order valence-electron chi connectivity index (χ0n) is 11.5. The van der Waals surface area contributed by atoms with E-state index in [4.69, 9.17) is 0 Å². The molecular weight excluding hydrogens is 212 g/mol. The molecule has 17 heavy (non-hydrogen) atoms. The van der Waals surface area contributed by atoms with Crippen LogP contribution >= 0.6 is 0 Å². The molecule has 98 valence electrons. The summed E-state index contributed by atoms with van der Waals surface area (Å²) in [7, 11) is 2.10. The number of hydrogen-bond donors (Lipinski definition) is 1. The van der Waals surface area contributed by atoms with E-state index in [0.29, 0.717) is 5.41 Å². The number of hydrogen-bond acceptors (Lipinski definition) is 4. The summed E-state index contributed by atoms with van der Waals surface area (Å²) in [5.41, 5.74) is 0.316. The Morgan fingerprint density at radius 1 is 1.24 bits per heavy atom. The van der Waals surface area contributed by atoms with Crippen molar-refractivity contribution in [2.24, 2.45) is 10.4 Å². The summed E-state index contributed by atoms with van der Waals surface area (Å²) in [4.78, 5) is 9.25. The lowest BCUT2D eigenvalue weighted by molar-refractivity contribution is 0.209. The maximum atomic E-state index is 4.47. The Morgan fingerprint density at radius 3 is 2.53 bits per heavy atom. The molecule has 0 aromatic heterocycles. The highest BCUT2D eigenvalue weighted by Gasteiger charge is 2.24. The zero-order chi connectivity index (χ0) is 12.3. The molecule has 4 heteroatoms. The number of guanidine groups is 1. The minimum atomic E-state index is 0.316. The molecule has 2 rings (SSSR count). The van der Waals surface area contributed by atoms with E-state index >= 15 is 0 Å². The summed E-state index contributed by atoms with van der Waals surface area (Å²) in [6, 6.07) is 0. The van der Waals surface area contributed by atoms with Gasteiger partial charge in [-0.3, -0.25) is 4.99 Å². The Morgan fingerprint density at radius 2 is 1.94 bits per heavy atom. The second-order valence-corrected chi connectivity index (χ2v) is 6.13. The standard InChI is InChI=1S/C13H26N4/c1-13(2,11-17-7-4-5-8-17)10-15-12-14-6-9-16(12)3/h4-11H2,1-3H3,(H,14,15). The number of likely N-dealkylation sites (tertiary alicyclic amines) is 1. The summed E-state index contributed by atoms with van der Waals surface area (Å²) in [6.07, 6.45) is 2.75. The first-order valence-corrected chi connectivity index (χ1v) is 6.79.